The van der Waals surface area contributed by atoms with Crippen molar-refractivity contribution in [2.45, 2.75) is 20.1 Å². The zero-order valence-electron chi connectivity index (χ0n) is 10.8. The molecule has 2 aromatic rings. The van der Waals surface area contributed by atoms with Gasteiger partial charge < -0.3 is 19.9 Å². The first-order valence-corrected chi connectivity index (χ1v) is 5.70. The number of nitrogens with one attached hydrogen (secondary N) is 2. The van der Waals surface area contributed by atoms with Gasteiger partial charge in [-0.1, -0.05) is 0 Å². The Balaban J connectivity index is 2.08. The summed E-state index contributed by atoms with van der Waals surface area (Å²) in [5, 5.41) is 3.09. The molecule has 19 heavy (non-hydrogen) atoms. The van der Waals surface area contributed by atoms with Crippen molar-refractivity contribution >= 4 is 11.6 Å². The summed E-state index contributed by atoms with van der Waals surface area (Å²) < 4.78 is 10.4. The highest BCUT2D eigenvalue weighted by Crippen LogP contribution is 2.12. The lowest BCUT2D eigenvalue weighted by Crippen LogP contribution is -2.12. The minimum atomic E-state index is 0.308. The molecule has 0 radical (unpaired) electrons. The molecule has 0 amide bonds. The van der Waals surface area contributed by atoms with Crippen LogP contribution in [0.4, 0.5) is 11.6 Å². The van der Waals surface area contributed by atoms with Crippen molar-refractivity contribution in [2.75, 3.05) is 17.9 Å². The van der Waals surface area contributed by atoms with Gasteiger partial charge in [-0.15, -0.1) is 0 Å². The third-order valence-corrected chi connectivity index (χ3v) is 2.28. The number of nitrogens with zero attached hydrogens (tertiary/aromatic N) is 3. The molecule has 0 saturated heterocycles. The first kappa shape index (κ1) is 13.2. The molecule has 0 spiro atoms. The fourth-order valence-corrected chi connectivity index (χ4v) is 1.50. The van der Waals surface area contributed by atoms with E-state index < -0.39 is 0 Å². The maximum absolute atomic E-state index is 5.36. The number of anilines is 2. The number of ether oxygens (including phenoxy) is 1. The number of aromatic nitrogens is 3. The van der Waals surface area contributed by atoms with Gasteiger partial charge in [-0.05, 0) is 6.92 Å². The summed E-state index contributed by atoms with van der Waals surface area (Å²) in [5.41, 5.74) is 2.48. The van der Waals surface area contributed by atoms with Crippen molar-refractivity contribution in [1.82, 2.24) is 15.0 Å². The van der Waals surface area contributed by atoms with Gasteiger partial charge in [-0.3, -0.25) is 0 Å². The zero-order chi connectivity index (χ0) is 13.7. The van der Waals surface area contributed by atoms with Gasteiger partial charge in [0.25, 0.3) is 0 Å². The van der Waals surface area contributed by atoms with Gasteiger partial charge in [-0.2, -0.15) is 0 Å². The number of methoxy groups -OCH3 is 1. The number of aryl methyl sites for hydroxylation is 1. The van der Waals surface area contributed by atoms with Crippen LogP contribution in [0, 0.1) is 6.92 Å². The Kier molecular flexibility index (Phi) is 4.26. The highest BCUT2D eigenvalue weighted by atomic mass is 16.5. The van der Waals surface area contributed by atoms with Crippen LogP contribution in [0.5, 0.6) is 0 Å². The molecule has 0 atom stereocenters. The van der Waals surface area contributed by atoms with Crippen molar-refractivity contribution < 1.29 is 9.15 Å². The molecule has 2 aromatic heterocycles. The van der Waals surface area contributed by atoms with Gasteiger partial charge in [-0.25, -0.2) is 20.8 Å². The zero-order valence-corrected chi connectivity index (χ0v) is 10.8. The van der Waals surface area contributed by atoms with Crippen LogP contribution in [0.25, 0.3) is 0 Å². The number of hydrogen-bond acceptors (Lipinski definition) is 8. The van der Waals surface area contributed by atoms with Crippen molar-refractivity contribution in [1.29, 1.82) is 0 Å². The lowest BCUT2D eigenvalue weighted by molar-refractivity contribution is 0.178. The molecule has 2 rings (SSSR count). The lowest BCUT2D eigenvalue weighted by atomic mass is 10.4. The Hall–Kier alpha value is -2.19. The molecule has 8 nitrogen and oxygen atoms in total. The molecule has 8 heteroatoms. The van der Waals surface area contributed by atoms with Crippen LogP contribution < -0.4 is 16.6 Å². The smallest absolute Gasteiger partial charge is 0.213 e. The quantitative estimate of drug-likeness (QED) is 0.519. The summed E-state index contributed by atoms with van der Waals surface area (Å²) in [4.78, 5) is 12.5. The number of hydrogen-bond donors (Lipinski definition) is 3. The minimum Gasteiger partial charge on any atom is -0.444 e. The molecular formula is C11H16N6O2. The summed E-state index contributed by atoms with van der Waals surface area (Å²) >= 11 is 0. The van der Waals surface area contributed by atoms with Crippen LogP contribution in [-0.4, -0.2) is 22.1 Å². The van der Waals surface area contributed by atoms with E-state index in [1.165, 1.54) is 0 Å². The molecule has 102 valence electrons. The van der Waals surface area contributed by atoms with Crippen LogP contribution in [0.1, 0.15) is 17.5 Å². The largest absolute Gasteiger partial charge is 0.444 e. The van der Waals surface area contributed by atoms with Gasteiger partial charge in [0.05, 0.1) is 12.7 Å². The van der Waals surface area contributed by atoms with E-state index in [-0.39, 0.29) is 0 Å². The first-order chi connectivity index (χ1) is 9.21. The Morgan fingerprint density at radius 3 is 2.79 bits per heavy atom. The van der Waals surface area contributed by atoms with Crippen molar-refractivity contribution in [3.05, 3.63) is 29.7 Å². The second kappa shape index (κ2) is 6.12. The first-order valence-electron chi connectivity index (χ1n) is 5.70. The maximum atomic E-state index is 5.36. The number of rotatable bonds is 6. The van der Waals surface area contributed by atoms with Gasteiger partial charge >= 0.3 is 0 Å². The topological polar surface area (TPSA) is 111 Å². The van der Waals surface area contributed by atoms with Crippen LogP contribution in [-0.2, 0) is 17.9 Å². The van der Waals surface area contributed by atoms with E-state index in [0.29, 0.717) is 36.5 Å². The maximum Gasteiger partial charge on any atom is 0.213 e. The van der Waals surface area contributed by atoms with Crippen LogP contribution in [0.3, 0.4) is 0 Å². The van der Waals surface area contributed by atoms with E-state index in [0.717, 1.165) is 5.76 Å². The van der Waals surface area contributed by atoms with Crippen LogP contribution in [0.2, 0.25) is 0 Å². The van der Waals surface area contributed by atoms with E-state index in [1.807, 2.05) is 6.92 Å². The van der Waals surface area contributed by atoms with Crippen molar-refractivity contribution in [3.8, 4) is 0 Å². The third kappa shape index (κ3) is 3.63. The summed E-state index contributed by atoms with van der Waals surface area (Å²) in [6, 6.07) is 1.69. The molecule has 0 aliphatic rings. The second-order valence-corrected chi connectivity index (χ2v) is 3.85. The fourth-order valence-electron chi connectivity index (χ4n) is 1.50. The van der Waals surface area contributed by atoms with E-state index in [1.54, 1.807) is 19.4 Å². The number of oxazole rings is 1. The fraction of sp³-hybridized carbons (Fsp3) is 0.364. The molecule has 0 saturated carbocycles. The van der Waals surface area contributed by atoms with Crippen molar-refractivity contribution in [3.63, 3.8) is 0 Å². The standard InChI is InChI=1S/C11H16N6O2/c1-7-4-14-11(19-7)5-13-8-3-9(17-12)16-10(15-8)6-18-2/h3-4H,5-6,12H2,1-2H3,(H2,13,15,16,17). The molecule has 4 N–H and O–H groups in total. The van der Waals surface area contributed by atoms with E-state index in [4.69, 9.17) is 15.0 Å². The van der Waals surface area contributed by atoms with E-state index in [2.05, 4.69) is 25.7 Å². The molecule has 0 fully saturated rings. The molecule has 0 aliphatic carbocycles. The van der Waals surface area contributed by atoms with Gasteiger partial charge in [0, 0.05) is 13.2 Å². The summed E-state index contributed by atoms with van der Waals surface area (Å²) in [6.45, 7) is 2.58. The monoisotopic (exact) mass is 264 g/mol. The highest BCUT2D eigenvalue weighted by Gasteiger charge is 2.05. The van der Waals surface area contributed by atoms with Crippen LogP contribution in [0.15, 0.2) is 16.7 Å². The lowest BCUT2D eigenvalue weighted by Gasteiger charge is -2.08. The molecule has 0 aromatic carbocycles. The molecule has 0 aliphatic heterocycles. The number of nitrogens with two attached hydrogens (primary N) is 1. The Morgan fingerprint density at radius 1 is 1.37 bits per heavy atom. The SMILES string of the molecule is COCc1nc(NN)cc(NCc2ncc(C)o2)n1. The normalized spacial score (nSPS) is 10.5. The summed E-state index contributed by atoms with van der Waals surface area (Å²) in [6.07, 6.45) is 1.67. The van der Waals surface area contributed by atoms with E-state index in [9.17, 15) is 0 Å². The predicted molar refractivity (Wildman–Crippen MR) is 69.1 cm³/mol. The summed E-state index contributed by atoms with van der Waals surface area (Å²) in [5.74, 6) is 8.37. The van der Waals surface area contributed by atoms with Crippen molar-refractivity contribution in [2.24, 2.45) is 5.84 Å². The Bertz CT molecular complexity index is 542. The average molecular weight is 264 g/mol. The molecule has 0 unspecified atom stereocenters. The minimum absolute atomic E-state index is 0.308. The number of nitrogen functional groups attached to an aromatic ring is 1. The Morgan fingerprint density at radius 2 is 2.16 bits per heavy atom. The highest BCUT2D eigenvalue weighted by molar-refractivity contribution is 5.46. The Labute approximate surface area is 110 Å². The predicted octanol–water partition coefficient (Wildman–Crippen LogP) is 0.817. The molecule has 0 bridgehead atoms. The van der Waals surface area contributed by atoms with Gasteiger partial charge in [0.2, 0.25) is 5.89 Å². The average Bonchev–Trinajstić information content (AvgIpc) is 2.82. The molecule has 2 heterocycles. The molecular weight excluding hydrogens is 248 g/mol. The summed E-state index contributed by atoms with van der Waals surface area (Å²) in [7, 11) is 1.58. The van der Waals surface area contributed by atoms with Gasteiger partial charge in [0.15, 0.2) is 5.82 Å². The van der Waals surface area contributed by atoms with Crippen LogP contribution >= 0.6 is 0 Å². The number of hydrazine groups is 1. The van der Waals surface area contributed by atoms with E-state index >= 15 is 0 Å². The third-order valence-electron chi connectivity index (χ3n) is 2.28. The van der Waals surface area contributed by atoms with Gasteiger partial charge in [0.1, 0.15) is 24.0 Å². The second-order valence-electron chi connectivity index (χ2n) is 3.85.